The molecule has 0 bridgehead atoms. The summed E-state index contributed by atoms with van der Waals surface area (Å²) in [4.78, 5) is 20.1. The van der Waals surface area contributed by atoms with Crippen molar-refractivity contribution in [3.05, 3.63) is 34.4 Å². The fourth-order valence-electron chi connectivity index (χ4n) is 4.10. The van der Waals surface area contributed by atoms with Gasteiger partial charge in [-0.2, -0.15) is 11.8 Å². The van der Waals surface area contributed by atoms with Crippen LogP contribution in [0.5, 0.6) is 0 Å². The summed E-state index contributed by atoms with van der Waals surface area (Å²) in [5, 5.41) is 7.96. The Bertz CT molecular complexity index is 1050. The van der Waals surface area contributed by atoms with E-state index in [-0.39, 0.29) is 19.0 Å². The molecule has 1 atom stereocenters. The maximum Gasteiger partial charge on any atom is 0.258 e. The summed E-state index contributed by atoms with van der Waals surface area (Å²) in [6.45, 7) is 3.13. The predicted molar refractivity (Wildman–Crippen MR) is 129 cm³/mol. The molecule has 1 aromatic heterocycles. The van der Waals surface area contributed by atoms with E-state index < -0.39 is 10.0 Å². The van der Waals surface area contributed by atoms with Crippen LogP contribution in [0.2, 0.25) is 0 Å². The first-order valence-corrected chi connectivity index (χ1v) is 13.3. The minimum Gasteiger partial charge on any atom is -0.381 e. The molecule has 31 heavy (non-hydrogen) atoms. The Morgan fingerprint density at radius 1 is 1.26 bits per heavy atom. The largest absolute Gasteiger partial charge is 0.381 e. The van der Waals surface area contributed by atoms with Gasteiger partial charge in [0.15, 0.2) is 0 Å². The molecule has 0 saturated carbocycles. The second-order valence-electron chi connectivity index (χ2n) is 8.11. The monoisotopic (exact) mass is 467 g/mol. The Morgan fingerprint density at radius 3 is 2.77 bits per heavy atom. The van der Waals surface area contributed by atoms with E-state index in [2.05, 4.69) is 15.6 Å². The van der Waals surface area contributed by atoms with Crippen molar-refractivity contribution in [3.8, 4) is 0 Å². The van der Waals surface area contributed by atoms with Crippen molar-refractivity contribution in [1.82, 2.24) is 19.6 Å². The highest BCUT2D eigenvalue weighted by atomic mass is 32.2. The molecular formula is C21H33N5O3S2. The topological polar surface area (TPSA) is 107 Å². The van der Waals surface area contributed by atoms with E-state index in [1.807, 2.05) is 23.9 Å². The average Bonchev–Trinajstić information content (AvgIpc) is 2.72. The number of sulfonamides is 1. The van der Waals surface area contributed by atoms with Crippen LogP contribution >= 0.6 is 11.8 Å². The summed E-state index contributed by atoms with van der Waals surface area (Å²) < 4.78 is 25.2. The van der Waals surface area contributed by atoms with Crippen molar-refractivity contribution in [2.75, 3.05) is 37.8 Å². The van der Waals surface area contributed by atoms with Gasteiger partial charge in [-0.3, -0.25) is 4.79 Å². The van der Waals surface area contributed by atoms with Crippen molar-refractivity contribution in [1.29, 1.82) is 0 Å². The molecule has 0 amide bonds. The van der Waals surface area contributed by atoms with Crippen molar-refractivity contribution in [3.63, 3.8) is 0 Å². The molecule has 4 rings (SSSR count). The third-order valence-electron chi connectivity index (χ3n) is 5.72. The maximum absolute atomic E-state index is 12.5. The van der Waals surface area contributed by atoms with Gasteiger partial charge in [0.2, 0.25) is 10.0 Å². The van der Waals surface area contributed by atoms with Crippen LogP contribution in [0.4, 0.5) is 5.69 Å². The van der Waals surface area contributed by atoms with Crippen LogP contribution in [0.3, 0.4) is 0 Å². The lowest BCUT2D eigenvalue weighted by Gasteiger charge is -2.32. The van der Waals surface area contributed by atoms with Crippen LogP contribution in [0.1, 0.15) is 38.9 Å². The van der Waals surface area contributed by atoms with Crippen molar-refractivity contribution in [2.24, 2.45) is 0 Å². The van der Waals surface area contributed by atoms with Gasteiger partial charge in [0.1, 0.15) is 5.82 Å². The van der Waals surface area contributed by atoms with E-state index in [0.717, 1.165) is 44.5 Å². The van der Waals surface area contributed by atoms with Crippen LogP contribution in [-0.4, -0.2) is 66.4 Å². The first-order chi connectivity index (χ1) is 14.4. The lowest BCUT2D eigenvalue weighted by molar-refractivity contribution is 0.329. The summed E-state index contributed by atoms with van der Waals surface area (Å²) in [5.74, 6) is 1.40. The number of nitrogens with one attached hydrogen (secondary N) is 3. The molecule has 0 unspecified atom stereocenters. The van der Waals surface area contributed by atoms with Crippen LogP contribution in [0.25, 0.3) is 10.9 Å². The second kappa shape index (κ2) is 10.3. The number of piperidine rings is 2. The number of anilines is 1. The Labute approximate surface area is 188 Å². The van der Waals surface area contributed by atoms with Crippen LogP contribution in [0, 0.1) is 0 Å². The number of hydrogen-bond acceptors (Lipinski definition) is 7. The maximum atomic E-state index is 12.5. The Hall–Kier alpha value is -1.62. The number of fused-ring (bicyclic) bond motifs is 1. The van der Waals surface area contributed by atoms with Gasteiger partial charge in [-0.25, -0.2) is 17.7 Å². The smallest absolute Gasteiger partial charge is 0.258 e. The van der Waals surface area contributed by atoms with Gasteiger partial charge in [-0.05, 0) is 57.0 Å². The summed E-state index contributed by atoms with van der Waals surface area (Å²) in [6, 6.07) is 5.58. The first kappa shape index (κ1) is 24.0. The Balaban J connectivity index is 0.00000272. The molecule has 172 valence electrons. The summed E-state index contributed by atoms with van der Waals surface area (Å²) in [5.41, 5.74) is 1.41. The summed E-state index contributed by atoms with van der Waals surface area (Å²) in [6.07, 6.45) is 5.27. The highest BCUT2D eigenvalue weighted by Gasteiger charge is 2.25. The van der Waals surface area contributed by atoms with Gasteiger partial charge in [0.05, 0.1) is 22.9 Å². The second-order valence-corrected chi connectivity index (χ2v) is 11.4. The quantitative estimate of drug-likeness (QED) is 0.599. The van der Waals surface area contributed by atoms with Gasteiger partial charge in [-0.1, -0.05) is 7.43 Å². The lowest BCUT2D eigenvalue weighted by Crippen LogP contribution is -2.44. The van der Waals surface area contributed by atoms with Crippen molar-refractivity contribution >= 4 is 38.4 Å². The van der Waals surface area contributed by atoms with E-state index in [9.17, 15) is 13.2 Å². The summed E-state index contributed by atoms with van der Waals surface area (Å²) >= 11 is 1.85. The highest BCUT2D eigenvalue weighted by molar-refractivity contribution is 7.99. The molecule has 2 saturated heterocycles. The van der Waals surface area contributed by atoms with Crippen LogP contribution < -0.4 is 16.2 Å². The molecule has 3 N–H and O–H groups in total. The Kier molecular flexibility index (Phi) is 8.01. The zero-order valence-electron chi connectivity index (χ0n) is 17.2. The molecule has 8 nitrogen and oxygen atoms in total. The van der Waals surface area contributed by atoms with Gasteiger partial charge < -0.3 is 15.6 Å². The third kappa shape index (κ3) is 6.21. The van der Waals surface area contributed by atoms with E-state index >= 15 is 0 Å². The Morgan fingerprint density at radius 2 is 2.03 bits per heavy atom. The van der Waals surface area contributed by atoms with Gasteiger partial charge >= 0.3 is 0 Å². The fraction of sp³-hybridized carbons (Fsp3) is 0.619. The van der Waals surface area contributed by atoms with Crippen molar-refractivity contribution < 1.29 is 8.42 Å². The number of thioether (sulfide) groups is 1. The zero-order chi connectivity index (χ0) is 21.1. The van der Waals surface area contributed by atoms with Crippen LogP contribution in [0.15, 0.2) is 23.0 Å². The highest BCUT2D eigenvalue weighted by Crippen LogP contribution is 2.24. The molecule has 2 aliphatic rings. The van der Waals surface area contributed by atoms with Gasteiger partial charge in [-0.15, -0.1) is 0 Å². The number of rotatable bonds is 6. The number of H-pyrrole nitrogens is 1. The lowest BCUT2D eigenvalue weighted by atomic mass is 10.1. The average molecular weight is 468 g/mol. The first-order valence-electron chi connectivity index (χ1n) is 10.5. The number of nitrogens with zero attached hydrogens (tertiary/aromatic N) is 2. The minimum atomic E-state index is -3.18. The molecule has 3 heterocycles. The molecule has 0 aliphatic carbocycles. The molecule has 10 heteroatoms. The fourth-order valence-corrected chi connectivity index (χ4v) is 6.11. The van der Waals surface area contributed by atoms with E-state index in [4.69, 9.17) is 4.98 Å². The SMILES string of the molecule is C.CS(=O)(=O)N1CCC[C@@H](Nc2ccc3c(=O)[nH]c(CSC4CCNCC4)nc3c2)C1. The predicted octanol–water partition coefficient (Wildman–Crippen LogP) is 2.38. The van der Waals surface area contributed by atoms with E-state index in [1.54, 1.807) is 6.07 Å². The molecule has 0 spiro atoms. The van der Waals surface area contributed by atoms with E-state index in [1.165, 1.54) is 10.6 Å². The van der Waals surface area contributed by atoms with Gasteiger partial charge in [0, 0.05) is 30.1 Å². The van der Waals surface area contributed by atoms with Crippen LogP contribution in [-0.2, 0) is 15.8 Å². The van der Waals surface area contributed by atoms with Gasteiger partial charge in [0.25, 0.3) is 5.56 Å². The standard InChI is InChI=1S/C20H29N5O3S2.CH4/c1-30(27,28)25-10-2-3-15(12-25)22-14-4-5-17-18(11-14)23-19(24-20(17)26)13-29-16-6-8-21-9-7-16;/h4-5,11,15-16,21-22H,2-3,6-10,12-13H2,1H3,(H,23,24,26);1H4/t15-;/m1./s1. The molecule has 2 aliphatic heterocycles. The zero-order valence-corrected chi connectivity index (χ0v) is 18.8. The molecule has 1 aromatic carbocycles. The molecular weight excluding hydrogens is 434 g/mol. The molecule has 0 radical (unpaired) electrons. The van der Waals surface area contributed by atoms with E-state index in [0.29, 0.717) is 40.8 Å². The number of benzene rings is 1. The number of aromatic nitrogens is 2. The number of hydrogen-bond donors (Lipinski definition) is 3. The number of aromatic amines is 1. The normalized spacial score (nSPS) is 21.0. The minimum absolute atomic E-state index is 0. The molecule has 2 fully saturated rings. The molecule has 2 aromatic rings. The third-order valence-corrected chi connectivity index (χ3v) is 8.37. The van der Waals surface area contributed by atoms with Crippen molar-refractivity contribution in [2.45, 2.75) is 50.2 Å². The summed E-state index contributed by atoms with van der Waals surface area (Å²) in [7, 11) is -3.18.